The molecule has 3 aromatic rings. The average molecular weight is 484 g/mol. The number of anilines is 1. The van der Waals surface area contributed by atoms with Crippen molar-refractivity contribution in [1.82, 2.24) is 9.80 Å². The number of amides is 2. The summed E-state index contributed by atoms with van der Waals surface area (Å²) in [5.41, 5.74) is 3.51. The maximum Gasteiger partial charge on any atom is 0.321 e. The van der Waals surface area contributed by atoms with Gasteiger partial charge in [0.2, 0.25) is 0 Å². The number of aliphatic hydroxyl groups excluding tert-OH is 1. The SMILES string of the molecule is O=C(Nc1cccc(F)c1)N1CCCCN2[C@H](CO)[C@@H](c3ccc(C#Cc4ccccc4)cc3)[C@H]2C1. The highest BCUT2D eigenvalue weighted by molar-refractivity contribution is 5.89. The Labute approximate surface area is 211 Å². The van der Waals surface area contributed by atoms with E-state index in [4.69, 9.17) is 0 Å². The van der Waals surface area contributed by atoms with E-state index in [9.17, 15) is 14.3 Å². The highest BCUT2D eigenvalue weighted by Gasteiger charge is 2.49. The quantitative estimate of drug-likeness (QED) is 0.532. The number of halogens is 1. The first kappa shape index (κ1) is 24.1. The van der Waals surface area contributed by atoms with Gasteiger partial charge in [-0.05, 0) is 67.4 Å². The molecule has 0 aromatic heterocycles. The second-order valence-corrected chi connectivity index (χ2v) is 9.41. The minimum absolute atomic E-state index is 0.0301. The Kier molecular flexibility index (Phi) is 7.31. The molecule has 36 heavy (non-hydrogen) atoms. The fraction of sp³-hybridized carbons (Fsp3) is 0.300. The molecule has 2 heterocycles. The number of rotatable bonds is 3. The lowest BCUT2D eigenvalue weighted by Crippen LogP contribution is -2.68. The predicted octanol–water partition coefficient (Wildman–Crippen LogP) is 4.68. The zero-order chi connectivity index (χ0) is 24.9. The molecule has 0 saturated carbocycles. The van der Waals surface area contributed by atoms with Gasteiger partial charge >= 0.3 is 6.03 Å². The van der Waals surface area contributed by atoms with Crippen LogP contribution in [0.2, 0.25) is 0 Å². The lowest BCUT2D eigenvalue weighted by atomic mass is 9.74. The van der Waals surface area contributed by atoms with Crippen LogP contribution >= 0.6 is 0 Å². The van der Waals surface area contributed by atoms with E-state index in [2.05, 4.69) is 34.2 Å². The van der Waals surface area contributed by atoms with Crippen LogP contribution in [-0.2, 0) is 0 Å². The predicted molar refractivity (Wildman–Crippen MR) is 139 cm³/mol. The number of nitrogens with zero attached hydrogens (tertiary/aromatic N) is 2. The second kappa shape index (κ2) is 10.9. The summed E-state index contributed by atoms with van der Waals surface area (Å²) in [4.78, 5) is 17.2. The molecule has 5 rings (SSSR count). The van der Waals surface area contributed by atoms with Gasteiger partial charge in [-0.3, -0.25) is 4.90 Å². The van der Waals surface area contributed by atoms with E-state index in [1.54, 1.807) is 12.1 Å². The number of aliphatic hydroxyl groups is 1. The summed E-state index contributed by atoms with van der Waals surface area (Å²) in [6, 6.07) is 24.0. The van der Waals surface area contributed by atoms with E-state index in [1.807, 2.05) is 47.4 Å². The molecule has 2 amide bonds. The van der Waals surface area contributed by atoms with Gasteiger partial charge in [0.25, 0.3) is 0 Å². The highest BCUT2D eigenvalue weighted by Crippen LogP contribution is 2.42. The van der Waals surface area contributed by atoms with Crippen LogP contribution in [-0.4, -0.2) is 59.3 Å². The van der Waals surface area contributed by atoms with Crippen LogP contribution in [0.25, 0.3) is 0 Å². The van der Waals surface area contributed by atoms with E-state index < -0.39 is 0 Å². The maximum absolute atomic E-state index is 13.6. The number of hydrogen-bond donors (Lipinski definition) is 2. The van der Waals surface area contributed by atoms with Crippen LogP contribution in [0.1, 0.15) is 35.4 Å². The Hall–Kier alpha value is -3.66. The van der Waals surface area contributed by atoms with Crippen LogP contribution in [0.15, 0.2) is 78.9 Å². The van der Waals surface area contributed by atoms with Crippen LogP contribution in [0, 0.1) is 17.7 Å². The molecule has 0 aliphatic carbocycles. The molecule has 2 aliphatic rings. The van der Waals surface area contributed by atoms with Gasteiger partial charge in [-0.1, -0.05) is 48.2 Å². The van der Waals surface area contributed by atoms with Crippen molar-refractivity contribution in [2.24, 2.45) is 0 Å². The van der Waals surface area contributed by atoms with Gasteiger partial charge in [-0.15, -0.1) is 0 Å². The Bertz CT molecular complexity index is 1250. The molecule has 184 valence electrons. The van der Waals surface area contributed by atoms with Gasteiger partial charge < -0.3 is 15.3 Å². The summed E-state index contributed by atoms with van der Waals surface area (Å²) in [7, 11) is 0. The average Bonchev–Trinajstić information content (AvgIpc) is 2.88. The molecule has 0 spiro atoms. The summed E-state index contributed by atoms with van der Waals surface area (Å²) in [5.74, 6) is 6.14. The minimum Gasteiger partial charge on any atom is -0.395 e. The number of urea groups is 1. The van der Waals surface area contributed by atoms with Crippen molar-refractivity contribution in [3.8, 4) is 11.8 Å². The third-order valence-corrected chi connectivity index (χ3v) is 7.15. The second-order valence-electron chi connectivity index (χ2n) is 9.41. The van der Waals surface area contributed by atoms with Gasteiger partial charge in [0.1, 0.15) is 5.82 Å². The number of carbonyl (C=O) groups is 1. The molecule has 3 aromatic carbocycles. The minimum atomic E-state index is -0.381. The van der Waals surface area contributed by atoms with Crippen molar-refractivity contribution in [2.75, 3.05) is 31.6 Å². The van der Waals surface area contributed by atoms with Gasteiger partial charge in [-0.2, -0.15) is 0 Å². The van der Waals surface area contributed by atoms with E-state index in [1.165, 1.54) is 12.1 Å². The molecule has 0 bridgehead atoms. The van der Waals surface area contributed by atoms with Crippen molar-refractivity contribution in [1.29, 1.82) is 0 Å². The number of fused-ring (bicyclic) bond motifs is 1. The van der Waals surface area contributed by atoms with Crippen molar-refractivity contribution in [3.05, 3.63) is 101 Å². The number of benzene rings is 3. The molecule has 3 atom stereocenters. The fourth-order valence-electron chi connectivity index (χ4n) is 5.35. The molecule has 0 unspecified atom stereocenters. The Morgan fingerprint density at radius 2 is 1.67 bits per heavy atom. The number of nitrogens with one attached hydrogen (secondary N) is 1. The van der Waals surface area contributed by atoms with Crippen LogP contribution < -0.4 is 5.32 Å². The van der Waals surface area contributed by atoms with Gasteiger partial charge in [0.05, 0.1) is 6.61 Å². The van der Waals surface area contributed by atoms with Crippen LogP contribution in [0.4, 0.5) is 14.9 Å². The summed E-state index contributed by atoms with van der Waals surface area (Å²) < 4.78 is 13.6. The summed E-state index contributed by atoms with van der Waals surface area (Å²) in [6.07, 6.45) is 1.84. The van der Waals surface area contributed by atoms with E-state index in [-0.39, 0.29) is 36.5 Å². The number of carbonyl (C=O) groups excluding carboxylic acids is 1. The molecule has 5 nitrogen and oxygen atoms in total. The first-order valence-corrected chi connectivity index (χ1v) is 12.5. The summed E-state index contributed by atoms with van der Waals surface area (Å²) in [5, 5.41) is 13.0. The monoisotopic (exact) mass is 483 g/mol. The lowest BCUT2D eigenvalue weighted by Gasteiger charge is -2.57. The normalized spacial score (nSPS) is 21.7. The molecule has 0 radical (unpaired) electrons. The largest absolute Gasteiger partial charge is 0.395 e. The highest BCUT2D eigenvalue weighted by atomic mass is 19.1. The van der Waals surface area contributed by atoms with Crippen molar-refractivity contribution in [2.45, 2.75) is 30.8 Å². The molecule has 2 fully saturated rings. The van der Waals surface area contributed by atoms with Crippen LogP contribution in [0.5, 0.6) is 0 Å². The smallest absolute Gasteiger partial charge is 0.321 e. The van der Waals surface area contributed by atoms with E-state index >= 15 is 0 Å². The number of hydrogen-bond acceptors (Lipinski definition) is 3. The zero-order valence-corrected chi connectivity index (χ0v) is 20.1. The van der Waals surface area contributed by atoms with Gasteiger partial charge in [0.15, 0.2) is 0 Å². The van der Waals surface area contributed by atoms with Crippen molar-refractivity contribution >= 4 is 11.7 Å². The van der Waals surface area contributed by atoms with Gasteiger partial charge in [-0.25, -0.2) is 9.18 Å². The summed E-state index contributed by atoms with van der Waals surface area (Å²) in [6.45, 7) is 2.19. The maximum atomic E-state index is 13.6. The third-order valence-electron chi connectivity index (χ3n) is 7.15. The van der Waals surface area contributed by atoms with Crippen LogP contribution in [0.3, 0.4) is 0 Å². The molecular weight excluding hydrogens is 453 g/mol. The van der Waals surface area contributed by atoms with E-state index in [0.29, 0.717) is 18.8 Å². The fourth-order valence-corrected chi connectivity index (χ4v) is 5.35. The van der Waals surface area contributed by atoms with Gasteiger partial charge in [0, 0.05) is 47.9 Å². The molecule has 2 saturated heterocycles. The topological polar surface area (TPSA) is 55.8 Å². The molecular formula is C30H30FN3O2. The zero-order valence-electron chi connectivity index (χ0n) is 20.1. The third kappa shape index (κ3) is 5.28. The molecule has 6 heteroatoms. The van der Waals surface area contributed by atoms with Crippen molar-refractivity contribution in [3.63, 3.8) is 0 Å². The lowest BCUT2D eigenvalue weighted by molar-refractivity contribution is -0.0585. The first-order valence-electron chi connectivity index (χ1n) is 12.5. The van der Waals surface area contributed by atoms with Crippen molar-refractivity contribution < 1.29 is 14.3 Å². The molecule has 2 aliphatic heterocycles. The van der Waals surface area contributed by atoms with E-state index in [0.717, 1.165) is 36.1 Å². The Morgan fingerprint density at radius 1 is 0.944 bits per heavy atom. The summed E-state index contributed by atoms with van der Waals surface area (Å²) >= 11 is 0. The Balaban J connectivity index is 1.32. The molecule has 2 N–H and O–H groups in total. The Morgan fingerprint density at radius 3 is 2.39 bits per heavy atom. The standard InChI is InChI=1S/C30H30FN3O2/c31-25-9-6-10-26(19-25)32-30(36)33-17-4-5-18-34-27(20-33)29(28(34)21-35)24-15-13-23(14-16-24)12-11-22-7-2-1-3-8-22/h1-3,6-10,13-16,19,27-29,35H,4-5,17-18,20-21H2,(H,32,36)/t27-,28-,29+/m1/s1. The first-order chi connectivity index (χ1) is 17.6.